The first kappa shape index (κ1) is 17.5. The molecule has 0 aliphatic rings. The molecule has 1 atom stereocenters. The Morgan fingerprint density at radius 3 is 2.52 bits per heavy atom. The van der Waals surface area contributed by atoms with Crippen molar-refractivity contribution in [1.29, 1.82) is 0 Å². The van der Waals surface area contributed by atoms with E-state index in [9.17, 15) is 9.90 Å². The molecular formula is C20H20ClNO3. The van der Waals surface area contributed by atoms with E-state index in [0.29, 0.717) is 17.0 Å². The molecule has 3 rings (SSSR count). The number of hydrogen-bond donors (Lipinski definition) is 1. The topological polar surface area (TPSA) is 51.5 Å². The fraction of sp³-hybridized carbons (Fsp3) is 0.250. The van der Waals surface area contributed by atoms with E-state index in [2.05, 4.69) is 0 Å². The van der Waals surface area contributed by atoms with Crippen molar-refractivity contribution < 1.29 is 14.6 Å². The summed E-state index contributed by atoms with van der Waals surface area (Å²) in [6.45, 7) is 3.64. The van der Waals surface area contributed by atoms with Gasteiger partial charge >= 0.3 is 0 Å². The van der Waals surface area contributed by atoms with E-state index in [-0.39, 0.29) is 5.91 Å². The number of hydrogen-bond acceptors (Lipinski definition) is 3. The minimum Gasteiger partial charge on any atom is -0.497 e. The Hall–Kier alpha value is -2.30. The van der Waals surface area contributed by atoms with Crippen LogP contribution in [0.25, 0.3) is 10.9 Å². The Labute approximate surface area is 151 Å². The van der Waals surface area contributed by atoms with E-state index in [1.165, 1.54) is 0 Å². The van der Waals surface area contributed by atoms with Crippen LogP contribution in [0.2, 0.25) is 5.02 Å². The Morgan fingerprint density at radius 1 is 1.24 bits per heavy atom. The van der Waals surface area contributed by atoms with Gasteiger partial charge in [0.2, 0.25) is 0 Å². The maximum Gasteiger partial charge on any atom is 0.262 e. The highest BCUT2D eigenvalue weighted by Gasteiger charge is 2.21. The van der Waals surface area contributed by atoms with Crippen LogP contribution in [-0.4, -0.2) is 28.8 Å². The van der Waals surface area contributed by atoms with Crippen molar-refractivity contribution in [3.8, 4) is 5.75 Å². The van der Waals surface area contributed by atoms with Crippen molar-refractivity contribution in [2.75, 3.05) is 7.11 Å². The molecule has 0 spiro atoms. The number of nitrogens with zero attached hydrogens (tertiary/aromatic N) is 1. The number of aliphatic hydroxyl groups excluding tert-OH is 1. The molecule has 1 aromatic heterocycles. The fourth-order valence-electron chi connectivity index (χ4n) is 3.13. The van der Waals surface area contributed by atoms with Gasteiger partial charge < -0.3 is 9.84 Å². The Balaban J connectivity index is 2.22. The number of fused-ring (bicyclic) bond motifs is 1. The van der Waals surface area contributed by atoms with Gasteiger partial charge in [0, 0.05) is 28.1 Å². The summed E-state index contributed by atoms with van der Waals surface area (Å²) in [7, 11) is 1.61. The standard InChI is InChI=1S/C20H20ClNO3/c1-12(23)10-17-13(2)22(19-9-8-16(25-3)11-18(17)19)20(24)14-4-6-15(21)7-5-14/h4-9,11-12,23H,10H2,1-3H3. The molecule has 0 radical (unpaired) electrons. The first-order chi connectivity index (χ1) is 11.9. The number of aliphatic hydroxyl groups is 1. The first-order valence-electron chi connectivity index (χ1n) is 8.08. The van der Waals surface area contributed by atoms with Crippen LogP contribution in [0.4, 0.5) is 0 Å². The highest BCUT2D eigenvalue weighted by molar-refractivity contribution is 6.30. The Morgan fingerprint density at radius 2 is 1.92 bits per heavy atom. The second kappa shape index (κ2) is 6.90. The zero-order chi connectivity index (χ0) is 18.1. The van der Waals surface area contributed by atoms with Gasteiger partial charge in [0.1, 0.15) is 5.75 Å². The number of carbonyl (C=O) groups is 1. The molecule has 130 valence electrons. The van der Waals surface area contributed by atoms with Gasteiger partial charge in [-0.1, -0.05) is 11.6 Å². The van der Waals surface area contributed by atoms with Crippen LogP contribution in [0, 0.1) is 6.92 Å². The summed E-state index contributed by atoms with van der Waals surface area (Å²) in [6.07, 6.45) is -0.0364. The van der Waals surface area contributed by atoms with Crippen molar-refractivity contribution in [2.24, 2.45) is 0 Å². The molecule has 0 saturated heterocycles. The number of benzene rings is 2. The number of aromatic nitrogens is 1. The zero-order valence-corrected chi connectivity index (χ0v) is 15.2. The van der Waals surface area contributed by atoms with E-state index in [4.69, 9.17) is 16.3 Å². The average Bonchev–Trinajstić information content (AvgIpc) is 2.86. The lowest BCUT2D eigenvalue weighted by molar-refractivity contribution is 0.0962. The van der Waals surface area contributed by atoms with Gasteiger partial charge in [-0.2, -0.15) is 0 Å². The van der Waals surface area contributed by atoms with Crippen LogP contribution in [0.5, 0.6) is 5.75 Å². The van der Waals surface area contributed by atoms with Crippen molar-refractivity contribution >= 4 is 28.4 Å². The molecule has 0 amide bonds. The third kappa shape index (κ3) is 3.28. The number of halogens is 1. The second-order valence-electron chi connectivity index (χ2n) is 6.15. The number of carbonyl (C=O) groups excluding carboxylic acids is 1. The van der Waals surface area contributed by atoms with E-state index >= 15 is 0 Å². The summed E-state index contributed by atoms with van der Waals surface area (Å²) in [5.74, 6) is 0.594. The van der Waals surface area contributed by atoms with Gasteiger partial charge in [0.05, 0.1) is 18.7 Å². The summed E-state index contributed by atoms with van der Waals surface area (Å²) >= 11 is 5.92. The molecule has 2 aromatic carbocycles. The molecule has 0 bridgehead atoms. The molecule has 0 aliphatic heterocycles. The molecule has 3 aromatic rings. The predicted octanol–water partition coefficient (Wildman–Crippen LogP) is 4.22. The third-order valence-corrected chi connectivity index (χ3v) is 4.59. The van der Waals surface area contributed by atoms with Gasteiger partial charge in [-0.15, -0.1) is 0 Å². The number of ether oxygens (including phenoxy) is 1. The van der Waals surface area contributed by atoms with E-state index in [1.54, 1.807) is 42.9 Å². The third-order valence-electron chi connectivity index (χ3n) is 4.34. The van der Waals surface area contributed by atoms with Crippen molar-refractivity contribution in [2.45, 2.75) is 26.4 Å². The molecular weight excluding hydrogens is 338 g/mol. The molecule has 0 saturated carbocycles. The van der Waals surface area contributed by atoms with Crippen molar-refractivity contribution in [3.63, 3.8) is 0 Å². The van der Waals surface area contributed by atoms with Crippen LogP contribution < -0.4 is 4.74 Å². The summed E-state index contributed by atoms with van der Waals surface area (Å²) in [4.78, 5) is 13.1. The minimum absolute atomic E-state index is 0.124. The molecule has 0 aliphatic carbocycles. The summed E-state index contributed by atoms with van der Waals surface area (Å²) < 4.78 is 7.01. The van der Waals surface area contributed by atoms with Gasteiger partial charge in [0.15, 0.2) is 0 Å². The van der Waals surface area contributed by atoms with Crippen LogP contribution in [-0.2, 0) is 6.42 Å². The van der Waals surface area contributed by atoms with E-state index < -0.39 is 6.10 Å². The molecule has 1 unspecified atom stereocenters. The average molecular weight is 358 g/mol. The highest BCUT2D eigenvalue weighted by atomic mass is 35.5. The first-order valence-corrected chi connectivity index (χ1v) is 8.46. The van der Waals surface area contributed by atoms with Crippen LogP contribution in [0.3, 0.4) is 0 Å². The summed E-state index contributed by atoms with van der Waals surface area (Å²) in [6, 6.07) is 12.5. The van der Waals surface area contributed by atoms with Crippen molar-refractivity contribution in [1.82, 2.24) is 4.57 Å². The van der Waals surface area contributed by atoms with Crippen LogP contribution >= 0.6 is 11.6 Å². The highest BCUT2D eigenvalue weighted by Crippen LogP contribution is 2.31. The fourth-order valence-corrected chi connectivity index (χ4v) is 3.25. The lowest BCUT2D eigenvalue weighted by Gasteiger charge is -2.08. The predicted molar refractivity (Wildman–Crippen MR) is 99.8 cm³/mol. The monoisotopic (exact) mass is 357 g/mol. The zero-order valence-electron chi connectivity index (χ0n) is 14.4. The van der Waals surface area contributed by atoms with E-state index in [1.807, 2.05) is 25.1 Å². The maximum atomic E-state index is 13.1. The summed E-state index contributed by atoms with van der Waals surface area (Å²) in [5, 5.41) is 11.4. The second-order valence-corrected chi connectivity index (χ2v) is 6.58. The molecule has 1 N–H and O–H groups in total. The normalized spacial score (nSPS) is 12.4. The van der Waals surface area contributed by atoms with Crippen molar-refractivity contribution in [3.05, 3.63) is 64.3 Å². The minimum atomic E-state index is -0.505. The number of methoxy groups -OCH3 is 1. The lowest BCUT2D eigenvalue weighted by atomic mass is 10.0. The maximum absolute atomic E-state index is 13.1. The molecule has 1 heterocycles. The summed E-state index contributed by atoms with van der Waals surface area (Å²) in [5.41, 5.74) is 3.13. The van der Waals surface area contributed by atoms with Crippen LogP contribution in [0.15, 0.2) is 42.5 Å². The molecule has 4 nitrogen and oxygen atoms in total. The Kier molecular flexibility index (Phi) is 4.84. The van der Waals surface area contributed by atoms with E-state index in [0.717, 1.165) is 27.9 Å². The molecule has 25 heavy (non-hydrogen) atoms. The van der Waals surface area contributed by atoms with Gasteiger partial charge in [-0.3, -0.25) is 9.36 Å². The van der Waals surface area contributed by atoms with Gasteiger partial charge in [-0.25, -0.2) is 0 Å². The number of rotatable bonds is 4. The quantitative estimate of drug-likeness (QED) is 0.760. The van der Waals surface area contributed by atoms with Gasteiger partial charge in [-0.05, 0) is 61.9 Å². The molecule has 5 heteroatoms. The SMILES string of the molecule is COc1ccc2c(c1)c(CC(C)O)c(C)n2C(=O)c1ccc(Cl)cc1. The van der Waals surface area contributed by atoms with Crippen LogP contribution in [0.1, 0.15) is 28.5 Å². The molecule has 0 fully saturated rings. The smallest absolute Gasteiger partial charge is 0.262 e. The lowest BCUT2D eigenvalue weighted by Crippen LogP contribution is -2.14. The Bertz CT molecular complexity index is 926. The van der Waals surface area contributed by atoms with Gasteiger partial charge in [0.25, 0.3) is 5.91 Å². The largest absolute Gasteiger partial charge is 0.497 e.